The topological polar surface area (TPSA) is 30.3 Å². The van der Waals surface area contributed by atoms with Gasteiger partial charge in [-0.15, -0.1) is 0 Å². The summed E-state index contributed by atoms with van der Waals surface area (Å²) in [5, 5.41) is 4.86. The van der Waals surface area contributed by atoms with Crippen molar-refractivity contribution in [2.45, 2.75) is 19.0 Å². The second-order valence-electron chi connectivity index (χ2n) is 2.11. The summed E-state index contributed by atoms with van der Waals surface area (Å²) < 4.78 is 46.7. The standard InChI is InChI=1S/C6H7F4N3/c7-12(8)6(13(9)10)4-2-1-3-5-11/h1,3,6H,2,4H2. The van der Waals surface area contributed by atoms with Crippen LogP contribution < -0.4 is 0 Å². The van der Waals surface area contributed by atoms with Crippen molar-refractivity contribution in [2.24, 2.45) is 0 Å². The fraction of sp³-hybridized carbons (Fsp3) is 0.500. The summed E-state index contributed by atoms with van der Waals surface area (Å²) in [4.78, 5) is 0. The van der Waals surface area contributed by atoms with E-state index in [9.17, 15) is 17.9 Å². The molecule has 0 aromatic carbocycles. The zero-order chi connectivity index (χ0) is 10.3. The van der Waals surface area contributed by atoms with E-state index in [1.54, 1.807) is 6.07 Å². The molecule has 0 spiro atoms. The highest BCUT2D eigenvalue weighted by Crippen LogP contribution is 2.14. The smallest absolute Gasteiger partial charge is 0.186 e. The van der Waals surface area contributed by atoms with Crippen molar-refractivity contribution in [3.63, 3.8) is 0 Å². The molecule has 0 saturated carbocycles. The van der Waals surface area contributed by atoms with Crippen molar-refractivity contribution >= 4 is 0 Å². The molecule has 3 nitrogen and oxygen atoms in total. The lowest BCUT2D eigenvalue weighted by Gasteiger charge is -2.14. The Hall–Kier alpha value is -1.13. The van der Waals surface area contributed by atoms with Crippen LogP contribution in [-0.4, -0.2) is 16.9 Å². The van der Waals surface area contributed by atoms with Gasteiger partial charge in [-0.3, -0.25) is 0 Å². The molecule has 0 aliphatic heterocycles. The Morgan fingerprint density at radius 3 is 2.15 bits per heavy atom. The first-order chi connectivity index (χ1) is 6.09. The average molecular weight is 197 g/mol. The summed E-state index contributed by atoms with van der Waals surface area (Å²) in [6, 6.07) is 1.62. The monoisotopic (exact) mass is 197 g/mol. The molecule has 0 aromatic heterocycles. The van der Waals surface area contributed by atoms with Gasteiger partial charge in [0.05, 0.1) is 6.07 Å². The van der Waals surface area contributed by atoms with E-state index >= 15 is 0 Å². The van der Waals surface area contributed by atoms with Crippen LogP contribution >= 0.6 is 0 Å². The molecule has 0 unspecified atom stereocenters. The first-order valence-electron chi connectivity index (χ1n) is 3.35. The van der Waals surface area contributed by atoms with Crippen LogP contribution in [0, 0.1) is 11.3 Å². The van der Waals surface area contributed by atoms with Crippen LogP contribution in [0.4, 0.5) is 17.9 Å². The van der Waals surface area contributed by atoms with E-state index in [1.807, 2.05) is 0 Å². The second kappa shape index (κ2) is 6.39. The molecule has 0 heterocycles. The second-order valence-corrected chi connectivity index (χ2v) is 2.11. The molecule has 0 amide bonds. The molecule has 0 atom stereocenters. The lowest BCUT2D eigenvalue weighted by atomic mass is 10.2. The number of nitriles is 1. The van der Waals surface area contributed by atoms with Gasteiger partial charge in [-0.05, 0) is 12.8 Å². The molecule has 74 valence electrons. The number of hydrogen-bond acceptors (Lipinski definition) is 3. The van der Waals surface area contributed by atoms with Crippen LogP contribution in [0.25, 0.3) is 0 Å². The van der Waals surface area contributed by atoms with E-state index in [0.717, 1.165) is 6.08 Å². The molecular formula is C6H7F4N3. The van der Waals surface area contributed by atoms with Gasteiger partial charge in [-0.1, -0.05) is 24.0 Å². The minimum absolute atomic E-state index is 0.00704. The van der Waals surface area contributed by atoms with E-state index in [4.69, 9.17) is 5.26 Å². The first kappa shape index (κ1) is 11.9. The van der Waals surface area contributed by atoms with Gasteiger partial charge in [-0.25, -0.2) is 0 Å². The number of allylic oxidation sites excluding steroid dienone is 2. The van der Waals surface area contributed by atoms with Crippen molar-refractivity contribution in [1.29, 1.82) is 5.26 Å². The molecule has 7 heteroatoms. The quantitative estimate of drug-likeness (QED) is 0.293. The van der Waals surface area contributed by atoms with Gasteiger partial charge >= 0.3 is 0 Å². The maximum atomic E-state index is 11.7. The van der Waals surface area contributed by atoms with Gasteiger partial charge in [0.2, 0.25) is 0 Å². The Bertz CT molecular complexity index is 191. The fourth-order valence-corrected chi connectivity index (χ4v) is 0.642. The molecule has 0 N–H and O–H groups in total. The van der Waals surface area contributed by atoms with Gasteiger partial charge in [0.1, 0.15) is 0 Å². The van der Waals surface area contributed by atoms with Crippen molar-refractivity contribution in [3.8, 4) is 6.07 Å². The summed E-state index contributed by atoms with van der Waals surface area (Å²) in [6.45, 7) is 0. The van der Waals surface area contributed by atoms with Crippen molar-refractivity contribution in [2.75, 3.05) is 0 Å². The minimum atomic E-state index is -2.22. The Morgan fingerprint density at radius 2 is 1.77 bits per heavy atom. The Balaban J connectivity index is 3.85. The molecule has 0 aromatic rings. The maximum absolute atomic E-state index is 11.7. The lowest BCUT2D eigenvalue weighted by molar-refractivity contribution is -0.318. The largest absolute Gasteiger partial charge is 0.193 e. The summed E-state index contributed by atoms with van der Waals surface area (Å²) >= 11 is 0. The molecule has 13 heavy (non-hydrogen) atoms. The van der Waals surface area contributed by atoms with Gasteiger partial charge in [0, 0.05) is 16.8 Å². The van der Waals surface area contributed by atoms with E-state index in [1.165, 1.54) is 6.08 Å². The summed E-state index contributed by atoms with van der Waals surface area (Å²) in [6.07, 6.45) is -0.368. The SMILES string of the molecule is N#CC=CCCC(N(F)F)N(F)F. The molecular weight excluding hydrogens is 190 g/mol. The van der Waals surface area contributed by atoms with Crippen LogP contribution in [-0.2, 0) is 0 Å². The maximum Gasteiger partial charge on any atom is 0.186 e. The van der Waals surface area contributed by atoms with Crippen molar-refractivity contribution in [1.82, 2.24) is 10.7 Å². The van der Waals surface area contributed by atoms with Crippen LogP contribution in [0.1, 0.15) is 12.8 Å². The van der Waals surface area contributed by atoms with Crippen LogP contribution in [0.5, 0.6) is 0 Å². The third-order valence-corrected chi connectivity index (χ3v) is 1.23. The van der Waals surface area contributed by atoms with Gasteiger partial charge < -0.3 is 0 Å². The number of rotatable bonds is 5. The van der Waals surface area contributed by atoms with E-state index in [0.29, 0.717) is 0 Å². The third kappa shape index (κ3) is 5.16. The van der Waals surface area contributed by atoms with Gasteiger partial charge in [0.25, 0.3) is 0 Å². The molecule has 0 rings (SSSR count). The van der Waals surface area contributed by atoms with Crippen LogP contribution in [0.3, 0.4) is 0 Å². The number of hydrogen-bond donors (Lipinski definition) is 0. The molecule has 0 aliphatic carbocycles. The minimum Gasteiger partial charge on any atom is -0.193 e. The van der Waals surface area contributed by atoms with Gasteiger partial charge in [-0.2, -0.15) is 5.26 Å². The van der Waals surface area contributed by atoms with Crippen molar-refractivity contribution < 1.29 is 17.9 Å². The highest BCUT2D eigenvalue weighted by Gasteiger charge is 2.25. The van der Waals surface area contributed by atoms with Crippen molar-refractivity contribution in [3.05, 3.63) is 12.2 Å². The summed E-state index contributed by atoms with van der Waals surface area (Å²) in [5.41, 5.74) is 0. The predicted octanol–water partition coefficient (Wildman–Crippen LogP) is 2.31. The summed E-state index contributed by atoms with van der Waals surface area (Å²) in [7, 11) is 0. The molecule has 0 saturated heterocycles. The highest BCUT2D eigenvalue weighted by atomic mass is 19.4. The fourth-order valence-electron chi connectivity index (χ4n) is 0.642. The first-order valence-corrected chi connectivity index (χ1v) is 3.35. The Labute approximate surface area is 72.2 Å². The average Bonchev–Trinajstić information content (AvgIpc) is 2.02. The number of halogens is 4. The van der Waals surface area contributed by atoms with Gasteiger partial charge in [0.15, 0.2) is 6.17 Å². The molecule has 0 radical (unpaired) electrons. The lowest BCUT2D eigenvalue weighted by Crippen LogP contribution is -2.31. The van der Waals surface area contributed by atoms with E-state index in [-0.39, 0.29) is 6.42 Å². The zero-order valence-electron chi connectivity index (χ0n) is 6.50. The molecule has 0 fully saturated rings. The normalized spacial score (nSPS) is 11.8. The summed E-state index contributed by atoms with van der Waals surface area (Å²) in [5.74, 6) is 0. The number of nitrogens with zero attached hydrogens (tertiary/aromatic N) is 3. The van der Waals surface area contributed by atoms with E-state index in [2.05, 4.69) is 0 Å². The predicted molar refractivity (Wildman–Crippen MR) is 35.9 cm³/mol. The zero-order valence-corrected chi connectivity index (χ0v) is 6.50. The van der Waals surface area contributed by atoms with Crippen LogP contribution in [0.15, 0.2) is 12.2 Å². The Kier molecular flexibility index (Phi) is 5.84. The molecule has 0 aliphatic rings. The highest BCUT2D eigenvalue weighted by molar-refractivity contribution is 5.01. The van der Waals surface area contributed by atoms with E-state index < -0.39 is 23.3 Å². The van der Waals surface area contributed by atoms with Crippen LogP contribution in [0.2, 0.25) is 0 Å². The Morgan fingerprint density at radius 1 is 1.23 bits per heavy atom. The molecule has 0 bridgehead atoms. The third-order valence-electron chi connectivity index (χ3n) is 1.23.